The van der Waals surface area contributed by atoms with Crippen molar-refractivity contribution in [2.75, 3.05) is 0 Å². The monoisotopic (exact) mass is 1210 g/mol. The van der Waals surface area contributed by atoms with Gasteiger partial charge in [0.2, 0.25) is 0 Å². The fourth-order valence-electron chi connectivity index (χ4n) is 15.0. The van der Waals surface area contributed by atoms with Crippen LogP contribution in [0.4, 0.5) is 0 Å². The molecule has 518 valence electrons. The lowest BCUT2D eigenvalue weighted by Gasteiger charge is -2.44. The van der Waals surface area contributed by atoms with Crippen molar-refractivity contribution in [2.24, 2.45) is 94.7 Å². The molecule has 0 aromatic rings. The Morgan fingerprint density at radius 1 is 0.174 bits per heavy atom. The quantitative estimate of drug-likeness (QED) is 0.0569. The second-order valence-corrected chi connectivity index (χ2v) is 34.8. The van der Waals surface area contributed by atoms with Gasteiger partial charge in [0.15, 0.2) is 0 Å². The van der Waals surface area contributed by atoms with Gasteiger partial charge >= 0.3 is 0 Å². The van der Waals surface area contributed by atoms with E-state index in [2.05, 4.69) is 138 Å². The Morgan fingerprint density at radius 2 is 0.279 bits per heavy atom. The zero-order valence-corrected chi connectivity index (χ0v) is 63.3. The molecular weight excluding hydrogens is 1040 g/mol. The first-order valence-electron chi connectivity index (χ1n) is 39.7. The van der Waals surface area contributed by atoms with Crippen molar-refractivity contribution in [1.29, 1.82) is 0 Å². The van der Waals surface area contributed by atoms with E-state index in [1.165, 1.54) is 231 Å². The molecule has 0 saturated carbocycles. The highest BCUT2D eigenvalue weighted by atomic mass is 16.4. The van der Waals surface area contributed by atoms with Crippen LogP contribution in [0.15, 0.2) is 0 Å². The SMILES string of the molecule is CC(C)CCCC(C)CCCC(C)CCCC(C)CCC(O)(CCC(C)CCCC(C)CCCC(C)CCCC(C)C)C(O)C(O)(CCC(C)CCCC(C)CCCC(C)CCCC(C)C)CCC(C)CCCC(C)CCCC(C)CCCC(C)C. The summed E-state index contributed by atoms with van der Waals surface area (Å²) in [6.45, 7) is 48.2. The van der Waals surface area contributed by atoms with Gasteiger partial charge in [-0.2, -0.15) is 0 Å². The predicted molar refractivity (Wildman–Crippen MR) is 388 cm³/mol. The normalized spacial score (nSPS) is 18.6. The van der Waals surface area contributed by atoms with E-state index in [0.717, 1.165) is 96.7 Å². The van der Waals surface area contributed by atoms with Crippen LogP contribution in [0.3, 0.4) is 0 Å². The molecule has 0 amide bonds. The van der Waals surface area contributed by atoms with E-state index in [0.29, 0.717) is 49.4 Å². The molecule has 3 nitrogen and oxygen atoms in total. The van der Waals surface area contributed by atoms with E-state index in [1.807, 2.05) is 0 Å². The fourth-order valence-corrected chi connectivity index (χ4v) is 15.0. The van der Waals surface area contributed by atoms with Crippen molar-refractivity contribution in [3.63, 3.8) is 0 Å². The van der Waals surface area contributed by atoms with Gasteiger partial charge in [-0.1, -0.05) is 370 Å². The van der Waals surface area contributed by atoms with E-state index in [-0.39, 0.29) is 0 Å². The highest BCUT2D eigenvalue weighted by Crippen LogP contribution is 2.41. The summed E-state index contributed by atoms with van der Waals surface area (Å²) in [5.41, 5.74) is -2.60. The minimum Gasteiger partial charge on any atom is -0.387 e. The molecule has 3 N–H and O–H groups in total. The summed E-state index contributed by atoms with van der Waals surface area (Å²) in [4.78, 5) is 0. The van der Waals surface area contributed by atoms with Gasteiger partial charge < -0.3 is 15.3 Å². The summed E-state index contributed by atoms with van der Waals surface area (Å²) in [6.07, 6.45) is 52.4. The minimum absolute atomic E-state index is 0.484. The van der Waals surface area contributed by atoms with Crippen LogP contribution >= 0.6 is 0 Å². The summed E-state index contributed by atoms with van der Waals surface area (Å²) in [6, 6.07) is 0. The molecule has 0 rings (SSSR count). The largest absolute Gasteiger partial charge is 0.387 e. The maximum Gasteiger partial charge on any atom is 0.111 e. The summed E-state index contributed by atoms with van der Waals surface area (Å²) >= 11 is 0. The molecule has 0 aromatic carbocycles. The lowest BCUT2D eigenvalue weighted by atomic mass is 9.71. The van der Waals surface area contributed by atoms with E-state index in [9.17, 15) is 15.3 Å². The van der Waals surface area contributed by atoms with Crippen LogP contribution in [-0.2, 0) is 0 Å². The third-order valence-electron chi connectivity index (χ3n) is 22.4. The van der Waals surface area contributed by atoms with Crippen LogP contribution < -0.4 is 0 Å². The number of aliphatic hydroxyl groups excluding tert-OH is 1. The second kappa shape index (κ2) is 52.3. The molecule has 86 heavy (non-hydrogen) atoms. The van der Waals surface area contributed by atoms with Crippen LogP contribution in [0.1, 0.15) is 421 Å². The highest BCUT2D eigenvalue weighted by molar-refractivity contribution is 5.00. The Morgan fingerprint density at radius 3 is 0.395 bits per heavy atom. The van der Waals surface area contributed by atoms with Crippen LogP contribution in [0.2, 0.25) is 0 Å². The van der Waals surface area contributed by atoms with E-state index < -0.39 is 17.3 Å². The van der Waals surface area contributed by atoms with Gasteiger partial charge in [-0.05, 0) is 146 Å². The Hall–Kier alpha value is -0.120. The molecule has 12 atom stereocenters. The topological polar surface area (TPSA) is 60.7 Å². The van der Waals surface area contributed by atoms with Gasteiger partial charge in [0.05, 0.1) is 11.2 Å². The average molecular weight is 1210 g/mol. The van der Waals surface area contributed by atoms with Gasteiger partial charge in [-0.15, -0.1) is 0 Å². The van der Waals surface area contributed by atoms with Crippen molar-refractivity contribution < 1.29 is 15.3 Å². The Kier molecular flexibility index (Phi) is 52.2. The maximum atomic E-state index is 13.3. The van der Waals surface area contributed by atoms with E-state index >= 15 is 0 Å². The third-order valence-corrected chi connectivity index (χ3v) is 22.4. The molecule has 0 aliphatic heterocycles. The minimum atomic E-state index is -1.30. The molecule has 0 bridgehead atoms. The molecule has 0 heterocycles. The van der Waals surface area contributed by atoms with E-state index in [1.54, 1.807) is 0 Å². The molecule has 0 aromatic heterocycles. The number of aliphatic hydroxyl groups is 3. The van der Waals surface area contributed by atoms with Crippen molar-refractivity contribution in [3.8, 4) is 0 Å². The molecule has 0 radical (unpaired) electrons. The predicted octanol–water partition coefficient (Wildman–Crippen LogP) is 27.2. The van der Waals surface area contributed by atoms with Crippen molar-refractivity contribution in [2.45, 2.75) is 438 Å². The number of rotatable bonds is 62. The molecular formula is C83H168O3. The van der Waals surface area contributed by atoms with Crippen LogP contribution in [0, 0.1) is 94.7 Å². The van der Waals surface area contributed by atoms with Gasteiger partial charge in [0.1, 0.15) is 6.10 Å². The fraction of sp³-hybridized carbons (Fsp3) is 1.00. The molecule has 0 aliphatic carbocycles. The van der Waals surface area contributed by atoms with Crippen molar-refractivity contribution >= 4 is 0 Å². The molecule has 3 heteroatoms. The zero-order chi connectivity index (χ0) is 64.9. The van der Waals surface area contributed by atoms with Gasteiger partial charge in [0.25, 0.3) is 0 Å². The second-order valence-electron chi connectivity index (χ2n) is 34.8. The molecule has 0 saturated heterocycles. The summed E-state index contributed by atoms with van der Waals surface area (Å²) in [5, 5.41) is 39.5. The number of hydrogen-bond acceptors (Lipinski definition) is 3. The zero-order valence-electron chi connectivity index (χ0n) is 63.3. The summed E-state index contributed by atoms with van der Waals surface area (Å²) in [5.74, 6) is 11.6. The first-order chi connectivity index (χ1) is 40.5. The average Bonchev–Trinajstić information content (AvgIpc) is 3.44. The Labute approximate surface area is 545 Å². The van der Waals surface area contributed by atoms with Crippen LogP contribution in [0.25, 0.3) is 0 Å². The Bertz CT molecular complexity index is 1250. The summed E-state index contributed by atoms with van der Waals surface area (Å²) < 4.78 is 0. The molecule has 0 fully saturated rings. The highest BCUT2D eigenvalue weighted by Gasteiger charge is 2.48. The lowest BCUT2D eigenvalue weighted by Crippen LogP contribution is -2.57. The standard InChI is InChI=1S/C83H168O3/c1-65(2)33-21-37-69(9)41-25-45-73(13)49-29-53-77(17)57-61-82(85,62-58-78(18)54-30-50-74(14)46-26-42-70(10)38-22-34-66(3)4)81(84)83(86,63-59-79(19)55-31-51-75(15)47-27-43-71(11)39-23-35-67(5)6)64-60-80(20)56-32-52-76(16)48-28-44-72(12)40-24-36-68(7)8/h65-81,84-86H,21-64H2,1-20H3. The maximum absolute atomic E-state index is 13.3. The first-order valence-corrected chi connectivity index (χ1v) is 39.7. The smallest absolute Gasteiger partial charge is 0.111 e. The third kappa shape index (κ3) is 49.5. The number of hydrogen-bond donors (Lipinski definition) is 3. The van der Waals surface area contributed by atoms with Gasteiger partial charge in [-0.3, -0.25) is 0 Å². The van der Waals surface area contributed by atoms with Gasteiger partial charge in [-0.25, -0.2) is 0 Å². The van der Waals surface area contributed by atoms with E-state index in [4.69, 9.17) is 0 Å². The molecule has 0 spiro atoms. The van der Waals surface area contributed by atoms with Crippen LogP contribution in [0.5, 0.6) is 0 Å². The summed E-state index contributed by atoms with van der Waals surface area (Å²) in [7, 11) is 0. The van der Waals surface area contributed by atoms with Crippen LogP contribution in [-0.4, -0.2) is 32.6 Å². The molecule has 12 unspecified atom stereocenters. The van der Waals surface area contributed by atoms with Crippen molar-refractivity contribution in [1.82, 2.24) is 0 Å². The van der Waals surface area contributed by atoms with Gasteiger partial charge in [0, 0.05) is 0 Å². The first kappa shape index (κ1) is 85.9. The lowest BCUT2D eigenvalue weighted by molar-refractivity contribution is -0.188. The van der Waals surface area contributed by atoms with Crippen molar-refractivity contribution in [3.05, 3.63) is 0 Å². The Balaban J connectivity index is 6.16. The molecule has 0 aliphatic rings.